The maximum atomic E-state index is 6.08. The molecule has 2 aliphatic rings. The van der Waals surface area contributed by atoms with Crippen LogP contribution in [-0.4, -0.2) is 52.9 Å². The molecule has 0 amide bonds. The van der Waals surface area contributed by atoms with E-state index >= 15 is 0 Å². The highest BCUT2D eigenvalue weighted by molar-refractivity contribution is 6.31. The molecule has 0 atom stereocenters. The summed E-state index contributed by atoms with van der Waals surface area (Å²) in [5.74, 6) is 3.01. The van der Waals surface area contributed by atoms with Gasteiger partial charge in [-0.25, -0.2) is 0 Å². The number of para-hydroxylation sites is 4. The van der Waals surface area contributed by atoms with Gasteiger partial charge >= 0.3 is 0 Å². The number of rotatable bonds is 0. The van der Waals surface area contributed by atoms with E-state index in [1.165, 1.54) is 0 Å². The highest BCUT2D eigenvalue weighted by atomic mass is 35.5. The van der Waals surface area contributed by atoms with E-state index in [9.17, 15) is 0 Å². The molecule has 4 aromatic rings. The van der Waals surface area contributed by atoms with Gasteiger partial charge in [0.05, 0.1) is 49.2 Å². The van der Waals surface area contributed by atoms with Gasteiger partial charge in [0.1, 0.15) is 49.4 Å². The molecule has 2 heterocycles. The molecular formula is C32H32Cl2N2O6. The third kappa shape index (κ3) is 8.59. The number of halogens is 2. The van der Waals surface area contributed by atoms with Gasteiger partial charge in [0.2, 0.25) is 0 Å². The molecule has 0 radical (unpaired) electrons. The van der Waals surface area contributed by atoms with Crippen LogP contribution in [0, 0.1) is 0 Å². The van der Waals surface area contributed by atoms with Crippen LogP contribution in [0.15, 0.2) is 84.9 Å². The predicted molar refractivity (Wildman–Crippen MR) is 166 cm³/mol. The van der Waals surface area contributed by atoms with Crippen molar-refractivity contribution in [2.24, 2.45) is 0 Å². The van der Waals surface area contributed by atoms with Crippen molar-refractivity contribution in [2.45, 2.75) is 0 Å². The van der Waals surface area contributed by atoms with E-state index in [4.69, 9.17) is 51.6 Å². The van der Waals surface area contributed by atoms with E-state index in [1.807, 2.05) is 72.8 Å². The van der Waals surface area contributed by atoms with E-state index < -0.39 is 0 Å². The average molecular weight is 612 g/mol. The summed E-state index contributed by atoms with van der Waals surface area (Å²) in [4.78, 5) is 0. The topological polar surface area (TPSA) is 79.4 Å². The monoisotopic (exact) mass is 610 g/mol. The van der Waals surface area contributed by atoms with Crippen LogP contribution in [0.5, 0.6) is 23.0 Å². The second-order valence-electron chi connectivity index (χ2n) is 9.14. The van der Waals surface area contributed by atoms with Crippen LogP contribution in [0.3, 0.4) is 0 Å². The lowest BCUT2D eigenvalue weighted by molar-refractivity contribution is 0.0765. The third-order valence-electron chi connectivity index (χ3n) is 6.14. The standard InChI is InChI=1S/2C16H16ClNO3/c2*17-12-5-6-16-14(11-12)18-13-3-1-2-4-15(13)20-9-7-19-8-10-21-16/h2*1-6,11,18H,7-10H2. The Kier molecular flexibility index (Phi) is 10.9. The Bertz CT molecular complexity index is 1350. The van der Waals surface area contributed by atoms with Crippen molar-refractivity contribution in [1.29, 1.82) is 0 Å². The molecule has 8 nitrogen and oxygen atoms in total. The first kappa shape index (κ1) is 29.7. The van der Waals surface area contributed by atoms with Gasteiger partial charge in [-0.3, -0.25) is 0 Å². The van der Waals surface area contributed by atoms with Crippen LogP contribution < -0.4 is 29.6 Å². The zero-order chi connectivity index (χ0) is 29.0. The molecule has 0 bridgehead atoms. The Balaban J connectivity index is 0.000000168. The molecule has 2 aliphatic heterocycles. The van der Waals surface area contributed by atoms with Gasteiger partial charge in [-0.1, -0.05) is 47.5 Å². The summed E-state index contributed by atoms with van der Waals surface area (Å²) in [5.41, 5.74) is 3.34. The highest BCUT2D eigenvalue weighted by Crippen LogP contribution is 2.36. The van der Waals surface area contributed by atoms with Crippen LogP contribution >= 0.6 is 23.2 Å². The van der Waals surface area contributed by atoms with E-state index in [0.29, 0.717) is 62.9 Å². The van der Waals surface area contributed by atoms with Crippen LogP contribution in [-0.2, 0) is 9.47 Å². The average Bonchev–Trinajstić information content (AvgIpc) is 2.98. The van der Waals surface area contributed by atoms with E-state index in [1.54, 1.807) is 12.1 Å². The molecule has 0 saturated heterocycles. The summed E-state index contributed by atoms with van der Waals surface area (Å²) in [6.45, 7) is 4.08. The maximum absolute atomic E-state index is 6.08. The lowest BCUT2D eigenvalue weighted by Gasteiger charge is -2.18. The lowest BCUT2D eigenvalue weighted by Crippen LogP contribution is -2.14. The molecule has 0 unspecified atom stereocenters. The molecule has 42 heavy (non-hydrogen) atoms. The van der Waals surface area contributed by atoms with Gasteiger partial charge in [-0.05, 0) is 60.7 Å². The Labute approximate surface area is 255 Å². The first-order chi connectivity index (χ1) is 20.7. The predicted octanol–water partition coefficient (Wildman–Crippen LogP) is 7.74. The highest BCUT2D eigenvalue weighted by Gasteiger charge is 2.12. The number of anilines is 4. The second kappa shape index (κ2) is 15.4. The molecule has 0 spiro atoms. The molecule has 10 heteroatoms. The molecule has 0 fully saturated rings. The number of nitrogens with one attached hydrogen (secondary N) is 2. The fourth-order valence-corrected chi connectivity index (χ4v) is 4.52. The molecule has 0 aliphatic carbocycles. The van der Waals surface area contributed by atoms with Gasteiger partial charge < -0.3 is 39.1 Å². The lowest BCUT2D eigenvalue weighted by atomic mass is 10.2. The van der Waals surface area contributed by atoms with Crippen molar-refractivity contribution in [3.63, 3.8) is 0 Å². The van der Waals surface area contributed by atoms with Crippen molar-refractivity contribution in [2.75, 3.05) is 63.5 Å². The first-order valence-corrected chi connectivity index (χ1v) is 14.4. The minimum absolute atomic E-state index is 0.484. The number of fused-ring (bicyclic) bond motifs is 4. The smallest absolute Gasteiger partial charge is 0.142 e. The number of hydrogen-bond acceptors (Lipinski definition) is 8. The van der Waals surface area contributed by atoms with Crippen molar-refractivity contribution < 1.29 is 28.4 Å². The molecule has 220 valence electrons. The summed E-state index contributed by atoms with van der Waals surface area (Å²) in [7, 11) is 0. The van der Waals surface area contributed by atoms with E-state index in [2.05, 4.69) is 10.6 Å². The van der Waals surface area contributed by atoms with Crippen LogP contribution in [0.1, 0.15) is 0 Å². The Morgan fingerprint density at radius 3 is 1.17 bits per heavy atom. The Morgan fingerprint density at radius 1 is 0.405 bits per heavy atom. The normalized spacial score (nSPS) is 15.1. The second-order valence-corrected chi connectivity index (χ2v) is 10.0. The summed E-state index contributed by atoms with van der Waals surface area (Å²) in [6.07, 6.45) is 0. The minimum atomic E-state index is 0.484. The molecular weight excluding hydrogens is 579 g/mol. The first-order valence-electron chi connectivity index (χ1n) is 13.6. The molecule has 4 aromatic carbocycles. The summed E-state index contributed by atoms with van der Waals surface area (Å²) >= 11 is 12.2. The van der Waals surface area contributed by atoms with Gasteiger partial charge in [0.15, 0.2) is 0 Å². The Hall–Kier alpha value is -3.82. The Morgan fingerprint density at radius 2 is 0.762 bits per heavy atom. The van der Waals surface area contributed by atoms with Crippen molar-refractivity contribution in [3.8, 4) is 23.0 Å². The number of benzene rings is 4. The maximum Gasteiger partial charge on any atom is 0.142 e. The zero-order valence-electron chi connectivity index (χ0n) is 22.9. The number of ether oxygens (including phenoxy) is 6. The zero-order valence-corrected chi connectivity index (χ0v) is 24.5. The fourth-order valence-electron chi connectivity index (χ4n) is 4.18. The SMILES string of the molecule is Clc1ccc2c(c1)Nc1ccccc1OCCOCCO2.Clc1ccc2c(c1)Nc1ccccc1OCCOCCO2. The number of hydrogen-bond donors (Lipinski definition) is 2. The molecule has 6 rings (SSSR count). The third-order valence-corrected chi connectivity index (χ3v) is 6.61. The fraction of sp³-hybridized carbons (Fsp3) is 0.250. The van der Waals surface area contributed by atoms with Crippen LogP contribution in [0.4, 0.5) is 22.7 Å². The van der Waals surface area contributed by atoms with Crippen molar-refractivity contribution >= 4 is 46.0 Å². The van der Waals surface area contributed by atoms with Crippen molar-refractivity contribution in [1.82, 2.24) is 0 Å². The van der Waals surface area contributed by atoms with E-state index in [0.717, 1.165) is 45.7 Å². The van der Waals surface area contributed by atoms with Crippen LogP contribution in [0.2, 0.25) is 10.0 Å². The molecule has 2 N–H and O–H groups in total. The minimum Gasteiger partial charge on any atom is -0.489 e. The summed E-state index contributed by atoms with van der Waals surface area (Å²) in [6, 6.07) is 26.5. The van der Waals surface area contributed by atoms with Gasteiger partial charge in [-0.2, -0.15) is 0 Å². The van der Waals surface area contributed by atoms with Crippen LogP contribution in [0.25, 0.3) is 0 Å². The van der Waals surface area contributed by atoms with Crippen molar-refractivity contribution in [3.05, 3.63) is 95.0 Å². The summed E-state index contributed by atoms with van der Waals surface area (Å²) < 4.78 is 33.9. The quantitative estimate of drug-likeness (QED) is 0.209. The van der Waals surface area contributed by atoms with E-state index in [-0.39, 0.29) is 0 Å². The van der Waals surface area contributed by atoms with Gasteiger partial charge in [0.25, 0.3) is 0 Å². The molecule has 0 aromatic heterocycles. The van der Waals surface area contributed by atoms with Gasteiger partial charge in [0, 0.05) is 10.0 Å². The largest absolute Gasteiger partial charge is 0.489 e. The summed E-state index contributed by atoms with van der Waals surface area (Å²) in [5, 5.41) is 7.94. The van der Waals surface area contributed by atoms with Gasteiger partial charge in [-0.15, -0.1) is 0 Å². The molecule has 0 saturated carbocycles.